The van der Waals surface area contributed by atoms with E-state index in [1.165, 1.54) is 9.79 Å². The lowest BCUT2D eigenvalue weighted by atomic mass is 10.4. The molecule has 0 heterocycles. The van der Waals surface area contributed by atoms with Gasteiger partial charge in [-0.05, 0) is 30.7 Å². The molecule has 3 heteroatoms. The Bertz CT molecular complexity index is 403. The van der Waals surface area contributed by atoms with Gasteiger partial charge in [0.1, 0.15) is 0 Å². The summed E-state index contributed by atoms with van der Waals surface area (Å²) in [7, 11) is 0. The van der Waals surface area contributed by atoms with Gasteiger partial charge in [-0.25, -0.2) is 0 Å². The molecule has 18 heavy (non-hydrogen) atoms. The van der Waals surface area contributed by atoms with E-state index in [0.717, 1.165) is 6.42 Å². The van der Waals surface area contributed by atoms with Crippen LogP contribution in [-0.4, -0.2) is 10.5 Å². The summed E-state index contributed by atoms with van der Waals surface area (Å²) in [5.74, 6) is 0.699. The van der Waals surface area contributed by atoms with Crippen molar-refractivity contribution in [2.75, 3.05) is 5.88 Å². The first kappa shape index (κ1) is 13.9. The molecule has 0 aromatic heterocycles. The highest BCUT2D eigenvalue weighted by atomic mass is 35.5. The summed E-state index contributed by atoms with van der Waals surface area (Å²) in [5, 5.41) is 0. The van der Waals surface area contributed by atoms with Gasteiger partial charge in [0.25, 0.3) is 0 Å². The standard InChI is InChI=1S/C15H15ClS2/c16-12-11-15(17-13-7-3-1-4-8-13)18-14-9-5-2-6-10-14/h1-10,15H,11-12H2. The Labute approximate surface area is 122 Å². The zero-order valence-electron chi connectivity index (χ0n) is 9.96. The largest absolute Gasteiger partial charge is 0.127 e. The molecule has 2 aromatic rings. The van der Waals surface area contributed by atoms with Crippen LogP contribution in [0, 0.1) is 0 Å². The minimum Gasteiger partial charge on any atom is -0.127 e. The normalized spacial score (nSPS) is 10.8. The van der Waals surface area contributed by atoms with Crippen molar-refractivity contribution in [3.8, 4) is 0 Å². The van der Waals surface area contributed by atoms with Crippen LogP contribution in [0.5, 0.6) is 0 Å². The van der Waals surface area contributed by atoms with Crippen LogP contribution in [-0.2, 0) is 0 Å². The number of rotatable bonds is 6. The molecule has 0 radical (unpaired) electrons. The van der Waals surface area contributed by atoms with Crippen LogP contribution < -0.4 is 0 Å². The monoisotopic (exact) mass is 294 g/mol. The lowest BCUT2D eigenvalue weighted by Crippen LogP contribution is -1.97. The molecule has 0 aliphatic rings. The van der Waals surface area contributed by atoms with Crippen molar-refractivity contribution in [1.29, 1.82) is 0 Å². The van der Waals surface area contributed by atoms with Crippen LogP contribution in [0.2, 0.25) is 0 Å². The summed E-state index contributed by atoms with van der Waals surface area (Å²) in [6, 6.07) is 21.0. The molecular formula is C15H15ClS2. The number of halogens is 1. The van der Waals surface area contributed by atoms with Gasteiger partial charge in [-0.3, -0.25) is 0 Å². The Kier molecular flexibility index (Phi) is 5.98. The lowest BCUT2D eigenvalue weighted by molar-refractivity contribution is 1.06. The molecule has 0 amide bonds. The molecule has 2 aromatic carbocycles. The van der Waals surface area contributed by atoms with Gasteiger partial charge in [0.05, 0.1) is 4.58 Å². The van der Waals surface area contributed by atoms with E-state index in [1.54, 1.807) is 0 Å². The van der Waals surface area contributed by atoms with E-state index in [1.807, 2.05) is 35.7 Å². The number of thioether (sulfide) groups is 2. The molecule has 0 atom stereocenters. The summed E-state index contributed by atoms with van der Waals surface area (Å²) in [6.07, 6.45) is 1.00. The van der Waals surface area contributed by atoms with E-state index in [0.29, 0.717) is 10.5 Å². The average Bonchev–Trinajstić information content (AvgIpc) is 2.41. The molecular weight excluding hydrogens is 280 g/mol. The predicted octanol–water partition coefficient (Wildman–Crippen LogP) is 5.53. The SMILES string of the molecule is ClCCC(Sc1ccccc1)Sc1ccccc1. The molecule has 0 aliphatic carbocycles. The Morgan fingerprint density at radius 2 is 1.22 bits per heavy atom. The average molecular weight is 295 g/mol. The van der Waals surface area contributed by atoms with Crippen LogP contribution >= 0.6 is 35.1 Å². The van der Waals surface area contributed by atoms with E-state index in [-0.39, 0.29) is 0 Å². The topological polar surface area (TPSA) is 0 Å². The summed E-state index contributed by atoms with van der Waals surface area (Å²) >= 11 is 9.68. The molecule has 2 rings (SSSR count). The van der Waals surface area contributed by atoms with E-state index in [4.69, 9.17) is 11.6 Å². The third-order valence-electron chi connectivity index (χ3n) is 2.37. The van der Waals surface area contributed by atoms with Crippen molar-refractivity contribution >= 4 is 35.1 Å². The maximum Gasteiger partial charge on any atom is 0.0608 e. The van der Waals surface area contributed by atoms with Gasteiger partial charge in [0.2, 0.25) is 0 Å². The Balaban J connectivity index is 2.00. The number of alkyl halides is 1. The first-order valence-electron chi connectivity index (χ1n) is 5.88. The summed E-state index contributed by atoms with van der Waals surface area (Å²) in [4.78, 5) is 2.60. The second kappa shape index (κ2) is 7.78. The summed E-state index contributed by atoms with van der Waals surface area (Å²) in [5.41, 5.74) is 0. The van der Waals surface area contributed by atoms with Crippen LogP contribution in [0.15, 0.2) is 70.5 Å². The smallest absolute Gasteiger partial charge is 0.0608 e. The molecule has 0 nitrogen and oxygen atoms in total. The van der Waals surface area contributed by atoms with Crippen molar-refractivity contribution in [2.45, 2.75) is 20.8 Å². The first-order chi connectivity index (χ1) is 8.88. The maximum absolute atomic E-state index is 5.90. The maximum atomic E-state index is 5.90. The molecule has 0 aliphatic heterocycles. The van der Waals surface area contributed by atoms with Crippen LogP contribution in [0.1, 0.15) is 6.42 Å². The van der Waals surface area contributed by atoms with Crippen LogP contribution in [0.25, 0.3) is 0 Å². The Morgan fingerprint density at radius 1 is 0.778 bits per heavy atom. The third kappa shape index (κ3) is 4.60. The van der Waals surface area contributed by atoms with Crippen molar-refractivity contribution < 1.29 is 0 Å². The molecule has 0 N–H and O–H groups in total. The minimum absolute atomic E-state index is 0.465. The van der Waals surface area contributed by atoms with E-state index in [9.17, 15) is 0 Å². The fraction of sp³-hybridized carbons (Fsp3) is 0.200. The van der Waals surface area contributed by atoms with Gasteiger partial charge in [-0.15, -0.1) is 35.1 Å². The van der Waals surface area contributed by atoms with Crippen molar-refractivity contribution in [2.24, 2.45) is 0 Å². The Hall–Kier alpha value is -0.570. The van der Waals surface area contributed by atoms with Gasteiger partial charge in [0, 0.05) is 15.7 Å². The van der Waals surface area contributed by atoms with Gasteiger partial charge in [-0.2, -0.15) is 0 Å². The molecule has 0 bridgehead atoms. The number of hydrogen-bond donors (Lipinski definition) is 0. The van der Waals surface area contributed by atoms with E-state index in [2.05, 4.69) is 48.5 Å². The molecule has 0 spiro atoms. The highest BCUT2D eigenvalue weighted by molar-refractivity contribution is 8.17. The number of benzene rings is 2. The second-order valence-electron chi connectivity index (χ2n) is 3.77. The van der Waals surface area contributed by atoms with Crippen molar-refractivity contribution in [3.05, 3.63) is 60.7 Å². The van der Waals surface area contributed by atoms with Gasteiger partial charge in [-0.1, -0.05) is 36.4 Å². The molecule has 0 fully saturated rings. The van der Waals surface area contributed by atoms with Gasteiger partial charge in [0.15, 0.2) is 0 Å². The second-order valence-corrected chi connectivity index (χ2v) is 7.00. The van der Waals surface area contributed by atoms with Crippen molar-refractivity contribution in [1.82, 2.24) is 0 Å². The van der Waals surface area contributed by atoms with Crippen molar-refractivity contribution in [3.63, 3.8) is 0 Å². The fourth-order valence-electron chi connectivity index (χ4n) is 1.53. The van der Waals surface area contributed by atoms with Crippen LogP contribution in [0.3, 0.4) is 0 Å². The fourth-order valence-corrected chi connectivity index (χ4v) is 4.58. The molecule has 0 saturated carbocycles. The molecule has 0 unspecified atom stereocenters. The van der Waals surface area contributed by atoms with Crippen LogP contribution in [0.4, 0.5) is 0 Å². The zero-order valence-corrected chi connectivity index (χ0v) is 12.3. The van der Waals surface area contributed by atoms with E-state index >= 15 is 0 Å². The minimum atomic E-state index is 0.465. The first-order valence-corrected chi connectivity index (χ1v) is 8.17. The van der Waals surface area contributed by atoms with E-state index < -0.39 is 0 Å². The summed E-state index contributed by atoms with van der Waals surface area (Å²) in [6.45, 7) is 0. The highest BCUT2D eigenvalue weighted by Gasteiger charge is 2.11. The number of hydrogen-bond acceptors (Lipinski definition) is 2. The van der Waals surface area contributed by atoms with Gasteiger partial charge >= 0.3 is 0 Å². The summed E-state index contributed by atoms with van der Waals surface area (Å²) < 4.78 is 0.465. The predicted molar refractivity (Wildman–Crippen MR) is 83.7 cm³/mol. The third-order valence-corrected chi connectivity index (χ3v) is 5.25. The Morgan fingerprint density at radius 3 is 1.61 bits per heavy atom. The highest BCUT2D eigenvalue weighted by Crippen LogP contribution is 2.37. The molecule has 94 valence electrons. The quantitative estimate of drug-likeness (QED) is 0.390. The zero-order chi connectivity index (χ0) is 12.6. The lowest BCUT2D eigenvalue weighted by Gasteiger charge is -2.14. The van der Waals surface area contributed by atoms with Gasteiger partial charge < -0.3 is 0 Å². The molecule has 0 saturated heterocycles.